The molecule has 4 saturated carbocycles. The predicted octanol–water partition coefficient (Wildman–Crippen LogP) is 8.53. The lowest BCUT2D eigenvalue weighted by Gasteiger charge is -2.61. The molecular weight excluding hydrogens is 472 g/mol. The molecule has 0 heterocycles. The first-order valence-corrected chi connectivity index (χ1v) is 16.1. The molecule has 5 unspecified atom stereocenters. The fraction of sp³-hybridized carbons (Fsp3) is 0.882. The second-order valence-corrected chi connectivity index (χ2v) is 14.5. The maximum atomic E-state index is 12.5. The first kappa shape index (κ1) is 29.7. The molecule has 0 radical (unpaired) electrons. The van der Waals surface area contributed by atoms with Gasteiger partial charge in [-0.1, -0.05) is 60.5 Å². The Morgan fingerprint density at radius 3 is 2.39 bits per heavy atom. The van der Waals surface area contributed by atoms with Crippen LogP contribution in [0.5, 0.6) is 0 Å². The highest BCUT2D eigenvalue weighted by molar-refractivity contribution is 5.81. The second-order valence-electron chi connectivity index (χ2n) is 14.5. The van der Waals surface area contributed by atoms with Crippen molar-refractivity contribution in [1.82, 2.24) is 0 Å². The zero-order chi connectivity index (χ0) is 27.5. The molecule has 216 valence electrons. The quantitative estimate of drug-likeness (QED) is 0.153. The summed E-state index contributed by atoms with van der Waals surface area (Å²) >= 11 is 0. The van der Waals surface area contributed by atoms with Crippen molar-refractivity contribution in [3.8, 4) is 0 Å². The zero-order valence-electron chi connectivity index (χ0n) is 25.1. The van der Waals surface area contributed by atoms with Crippen LogP contribution >= 0.6 is 0 Å². The summed E-state index contributed by atoms with van der Waals surface area (Å²) in [7, 11) is 0. The number of fused-ring (bicyclic) bond motifs is 5. The van der Waals surface area contributed by atoms with Crippen molar-refractivity contribution in [2.75, 3.05) is 6.61 Å². The number of hydrogen-bond donors (Lipinski definition) is 0. The highest BCUT2D eigenvalue weighted by atomic mass is 16.5. The molecule has 0 N–H and O–H groups in total. The van der Waals surface area contributed by atoms with Crippen LogP contribution in [0.15, 0.2) is 12.7 Å². The van der Waals surface area contributed by atoms with Gasteiger partial charge in [-0.25, -0.2) is 4.79 Å². The summed E-state index contributed by atoms with van der Waals surface area (Å²) in [4.78, 5) is 23.6. The number of hydrogen-bond acceptors (Lipinski definition) is 4. The van der Waals surface area contributed by atoms with E-state index in [1.54, 1.807) is 0 Å². The minimum atomic E-state index is -0.437. The lowest BCUT2D eigenvalue weighted by Crippen LogP contribution is -2.54. The van der Waals surface area contributed by atoms with Crippen molar-refractivity contribution in [2.24, 2.45) is 52.3 Å². The van der Waals surface area contributed by atoms with Crippen molar-refractivity contribution >= 4 is 11.9 Å². The van der Waals surface area contributed by atoms with Crippen LogP contribution in [0, 0.1) is 52.3 Å². The van der Waals surface area contributed by atoms with E-state index >= 15 is 0 Å². The molecule has 4 rings (SSSR count). The number of ether oxygens (including phenoxy) is 2. The molecule has 0 aromatic rings. The lowest BCUT2D eigenvalue weighted by molar-refractivity contribution is -0.163. The summed E-state index contributed by atoms with van der Waals surface area (Å²) in [5.41, 5.74) is 0.960. The SMILES string of the molecule is C=CC(=O)OCCCC(=O)OC1CC[C@@]2(C)C(CCC3C2CC[C@@]2(C)C3CC[C@@H]2[C@H](C)CCCC(C)C)C1. The van der Waals surface area contributed by atoms with Gasteiger partial charge in [-0.2, -0.15) is 0 Å². The largest absolute Gasteiger partial charge is 0.463 e. The standard InChI is InChI=1S/C34H56O4/c1-7-31(35)37-21-9-12-32(36)38-26-17-19-33(5)25(22-26)13-14-27-29-16-15-28(24(4)11-8-10-23(2)3)34(29,6)20-18-30(27)33/h7,23-30H,1,8-22H2,2-6H3/t24-,25?,26?,27?,28-,29?,30?,33+,34-/m1/s1. The van der Waals surface area contributed by atoms with Crippen molar-refractivity contribution in [2.45, 2.75) is 131 Å². The van der Waals surface area contributed by atoms with Gasteiger partial charge in [0.1, 0.15) is 6.10 Å². The molecule has 0 aromatic carbocycles. The van der Waals surface area contributed by atoms with Crippen molar-refractivity contribution in [3.63, 3.8) is 0 Å². The fourth-order valence-corrected chi connectivity index (χ4v) is 10.0. The summed E-state index contributed by atoms with van der Waals surface area (Å²) in [6, 6.07) is 0. The number of esters is 2. The van der Waals surface area contributed by atoms with Crippen LogP contribution in [-0.4, -0.2) is 24.6 Å². The van der Waals surface area contributed by atoms with Gasteiger partial charge in [-0.15, -0.1) is 0 Å². The van der Waals surface area contributed by atoms with E-state index in [0.717, 1.165) is 54.4 Å². The number of carbonyl (C=O) groups excluding carboxylic acids is 2. The molecule has 0 amide bonds. The average Bonchev–Trinajstić information content (AvgIpc) is 3.23. The zero-order valence-corrected chi connectivity index (χ0v) is 25.1. The molecule has 4 aliphatic carbocycles. The maximum Gasteiger partial charge on any atom is 0.330 e. The summed E-state index contributed by atoms with van der Waals surface area (Å²) < 4.78 is 10.9. The maximum absolute atomic E-state index is 12.5. The first-order chi connectivity index (χ1) is 18.1. The average molecular weight is 529 g/mol. The third-order valence-corrected chi connectivity index (χ3v) is 12.1. The minimum absolute atomic E-state index is 0.0595. The van der Waals surface area contributed by atoms with Crippen LogP contribution in [0.25, 0.3) is 0 Å². The van der Waals surface area contributed by atoms with Crippen LogP contribution in [0.4, 0.5) is 0 Å². The van der Waals surface area contributed by atoms with Gasteiger partial charge < -0.3 is 9.47 Å². The van der Waals surface area contributed by atoms with E-state index in [1.165, 1.54) is 64.2 Å². The lowest BCUT2D eigenvalue weighted by atomic mass is 9.44. The molecule has 4 nitrogen and oxygen atoms in total. The normalized spacial score (nSPS) is 39.0. The molecule has 0 bridgehead atoms. The van der Waals surface area contributed by atoms with E-state index in [9.17, 15) is 9.59 Å². The van der Waals surface area contributed by atoms with Gasteiger partial charge in [-0.05, 0) is 116 Å². The van der Waals surface area contributed by atoms with Crippen molar-refractivity contribution in [1.29, 1.82) is 0 Å². The van der Waals surface area contributed by atoms with E-state index in [-0.39, 0.29) is 18.7 Å². The van der Waals surface area contributed by atoms with E-state index in [2.05, 4.69) is 41.2 Å². The summed E-state index contributed by atoms with van der Waals surface area (Å²) in [5.74, 6) is 5.39. The summed E-state index contributed by atoms with van der Waals surface area (Å²) in [6.45, 7) is 16.2. The number of rotatable bonds is 11. The molecule has 0 spiro atoms. The van der Waals surface area contributed by atoms with Crippen molar-refractivity contribution < 1.29 is 19.1 Å². The monoisotopic (exact) mass is 528 g/mol. The Bertz CT molecular complexity index is 834. The fourth-order valence-electron chi connectivity index (χ4n) is 10.0. The van der Waals surface area contributed by atoms with E-state index in [4.69, 9.17) is 9.47 Å². The second kappa shape index (κ2) is 12.5. The van der Waals surface area contributed by atoms with Crippen LogP contribution in [0.2, 0.25) is 0 Å². The molecular formula is C34H56O4. The van der Waals surface area contributed by atoms with Crippen LogP contribution < -0.4 is 0 Å². The molecule has 0 aliphatic heterocycles. The molecule has 38 heavy (non-hydrogen) atoms. The highest BCUT2D eigenvalue weighted by Gasteiger charge is 2.60. The van der Waals surface area contributed by atoms with Crippen LogP contribution in [0.3, 0.4) is 0 Å². The molecule has 4 heteroatoms. The topological polar surface area (TPSA) is 52.6 Å². The van der Waals surface area contributed by atoms with Crippen LogP contribution in [-0.2, 0) is 19.1 Å². The van der Waals surface area contributed by atoms with E-state index in [0.29, 0.717) is 29.6 Å². The minimum Gasteiger partial charge on any atom is -0.463 e. The number of carbonyl (C=O) groups is 2. The molecule has 4 aliphatic rings. The van der Waals surface area contributed by atoms with Gasteiger partial charge in [0.2, 0.25) is 0 Å². The van der Waals surface area contributed by atoms with Gasteiger partial charge >= 0.3 is 11.9 Å². The molecule has 0 aromatic heterocycles. The Morgan fingerprint density at radius 1 is 0.921 bits per heavy atom. The first-order valence-electron chi connectivity index (χ1n) is 16.1. The van der Waals surface area contributed by atoms with E-state index in [1.807, 2.05) is 0 Å². The smallest absolute Gasteiger partial charge is 0.330 e. The third-order valence-electron chi connectivity index (χ3n) is 12.1. The molecule has 9 atom stereocenters. The van der Waals surface area contributed by atoms with Gasteiger partial charge in [0.25, 0.3) is 0 Å². The predicted molar refractivity (Wildman–Crippen MR) is 153 cm³/mol. The Kier molecular flexibility index (Phi) is 9.73. The van der Waals surface area contributed by atoms with Crippen molar-refractivity contribution in [3.05, 3.63) is 12.7 Å². The van der Waals surface area contributed by atoms with Crippen LogP contribution in [0.1, 0.15) is 125 Å². The van der Waals surface area contributed by atoms with E-state index < -0.39 is 5.97 Å². The third kappa shape index (κ3) is 6.20. The molecule has 4 fully saturated rings. The van der Waals surface area contributed by atoms with Gasteiger partial charge in [0, 0.05) is 12.5 Å². The van der Waals surface area contributed by atoms with Gasteiger partial charge in [0.15, 0.2) is 0 Å². The summed E-state index contributed by atoms with van der Waals surface area (Å²) in [6.07, 6.45) is 17.9. The highest BCUT2D eigenvalue weighted by Crippen LogP contribution is 2.68. The molecule has 0 saturated heterocycles. The van der Waals surface area contributed by atoms with Gasteiger partial charge in [0.05, 0.1) is 6.61 Å². The summed E-state index contributed by atoms with van der Waals surface area (Å²) in [5, 5.41) is 0. The van der Waals surface area contributed by atoms with Gasteiger partial charge in [-0.3, -0.25) is 4.79 Å². The Balaban J connectivity index is 1.30. The Labute approximate surface area is 233 Å². The Hall–Kier alpha value is -1.32. The Morgan fingerprint density at radius 2 is 1.66 bits per heavy atom.